The largest absolute Gasteiger partial charge is 0.380 e. The van der Waals surface area contributed by atoms with E-state index in [0.717, 1.165) is 45.0 Å². The standard InChI is InChI=1S/C13H25N3O/c1-4-5-9-17-10-7-14-6-8-16-13(3)11-12(2)15-16/h11,14H,4-10H2,1-3H3. The lowest BCUT2D eigenvalue weighted by Crippen LogP contribution is -2.25. The molecule has 0 saturated heterocycles. The first-order valence-electron chi connectivity index (χ1n) is 6.53. The number of unbranched alkanes of at least 4 members (excludes halogenated alkanes) is 1. The lowest BCUT2D eigenvalue weighted by molar-refractivity contribution is 0.133. The van der Waals surface area contributed by atoms with Gasteiger partial charge in [0.05, 0.1) is 18.8 Å². The summed E-state index contributed by atoms with van der Waals surface area (Å²) < 4.78 is 7.51. The molecule has 0 bridgehead atoms. The van der Waals surface area contributed by atoms with Gasteiger partial charge in [-0.2, -0.15) is 5.10 Å². The number of aromatic nitrogens is 2. The molecule has 0 spiro atoms. The van der Waals surface area contributed by atoms with Gasteiger partial charge < -0.3 is 10.1 Å². The Balaban J connectivity index is 1.99. The first-order chi connectivity index (χ1) is 8.24. The predicted octanol–water partition coefficient (Wildman–Crippen LogP) is 1.91. The zero-order chi connectivity index (χ0) is 12.5. The summed E-state index contributed by atoms with van der Waals surface area (Å²) >= 11 is 0. The summed E-state index contributed by atoms with van der Waals surface area (Å²) in [6.07, 6.45) is 2.36. The van der Waals surface area contributed by atoms with Crippen molar-refractivity contribution >= 4 is 0 Å². The molecule has 1 rings (SSSR count). The average Bonchev–Trinajstić information content (AvgIpc) is 2.61. The zero-order valence-corrected chi connectivity index (χ0v) is 11.3. The highest BCUT2D eigenvalue weighted by atomic mass is 16.5. The van der Waals surface area contributed by atoms with Crippen LogP contribution < -0.4 is 5.32 Å². The maximum atomic E-state index is 5.47. The minimum absolute atomic E-state index is 0.803. The van der Waals surface area contributed by atoms with Crippen molar-refractivity contribution < 1.29 is 4.74 Å². The van der Waals surface area contributed by atoms with E-state index in [4.69, 9.17) is 4.74 Å². The maximum Gasteiger partial charge on any atom is 0.0596 e. The number of ether oxygens (including phenoxy) is 1. The van der Waals surface area contributed by atoms with Crippen LogP contribution in [0.25, 0.3) is 0 Å². The Morgan fingerprint density at radius 1 is 1.29 bits per heavy atom. The summed E-state index contributed by atoms with van der Waals surface area (Å²) in [6.45, 7) is 10.8. The van der Waals surface area contributed by atoms with Crippen molar-refractivity contribution in [3.05, 3.63) is 17.5 Å². The molecule has 0 saturated carbocycles. The summed E-state index contributed by atoms with van der Waals surface area (Å²) in [6, 6.07) is 2.11. The topological polar surface area (TPSA) is 39.1 Å². The van der Waals surface area contributed by atoms with E-state index in [1.54, 1.807) is 0 Å². The van der Waals surface area contributed by atoms with Crippen molar-refractivity contribution in [3.63, 3.8) is 0 Å². The van der Waals surface area contributed by atoms with Crippen LogP contribution in [0.1, 0.15) is 31.2 Å². The Kier molecular flexibility index (Phi) is 6.89. The van der Waals surface area contributed by atoms with Gasteiger partial charge in [0.25, 0.3) is 0 Å². The molecule has 4 heteroatoms. The Hall–Kier alpha value is -0.870. The summed E-state index contributed by atoms with van der Waals surface area (Å²) in [4.78, 5) is 0. The Labute approximate surface area is 104 Å². The van der Waals surface area contributed by atoms with Gasteiger partial charge in [0.15, 0.2) is 0 Å². The molecule has 1 heterocycles. The lowest BCUT2D eigenvalue weighted by atomic mass is 10.4. The fourth-order valence-electron chi connectivity index (χ4n) is 1.70. The van der Waals surface area contributed by atoms with Gasteiger partial charge in [-0.1, -0.05) is 13.3 Å². The summed E-state index contributed by atoms with van der Waals surface area (Å²) in [7, 11) is 0. The predicted molar refractivity (Wildman–Crippen MR) is 70.3 cm³/mol. The quantitative estimate of drug-likeness (QED) is 0.669. The van der Waals surface area contributed by atoms with Crippen LogP contribution in [0.5, 0.6) is 0 Å². The van der Waals surface area contributed by atoms with Crippen molar-refractivity contribution in [2.75, 3.05) is 26.3 Å². The number of hydrogen-bond donors (Lipinski definition) is 1. The molecule has 0 radical (unpaired) electrons. The maximum absolute atomic E-state index is 5.47. The monoisotopic (exact) mass is 239 g/mol. The van der Waals surface area contributed by atoms with Gasteiger partial charge in [0, 0.05) is 25.4 Å². The van der Waals surface area contributed by atoms with Gasteiger partial charge in [-0.15, -0.1) is 0 Å². The van der Waals surface area contributed by atoms with Crippen molar-refractivity contribution in [1.29, 1.82) is 0 Å². The number of rotatable bonds is 9. The first-order valence-corrected chi connectivity index (χ1v) is 6.53. The van der Waals surface area contributed by atoms with Gasteiger partial charge in [0.1, 0.15) is 0 Å². The normalized spacial score (nSPS) is 11.0. The van der Waals surface area contributed by atoms with Crippen LogP contribution in [0.3, 0.4) is 0 Å². The third kappa shape index (κ3) is 5.84. The molecule has 0 amide bonds. The van der Waals surface area contributed by atoms with E-state index in [0.29, 0.717) is 0 Å². The van der Waals surface area contributed by atoms with Crippen LogP contribution in [0.2, 0.25) is 0 Å². The van der Waals surface area contributed by atoms with Crippen molar-refractivity contribution in [2.45, 2.75) is 40.2 Å². The van der Waals surface area contributed by atoms with E-state index in [-0.39, 0.29) is 0 Å². The molecular formula is C13H25N3O. The molecule has 1 aromatic rings. The van der Waals surface area contributed by atoms with Crippen LogP contribution >= 0.6 is 0 Å². The van der Waals surface area contributed by atoms with Crippen molar-refractivity contribution in [1.82, 2.24) is 15.1 Å². The highest BCUT2D eigenvalue weighted by Crippen LogP contribution is 2.00. The van der Waals surface area contributed by atoms with Gasteiger partial charge in [-0.25, -0.2) is 0 Å². The van der Waals surface area contributed by atoms with Crippen LogP contribution in [0.15, 0.2) is 6.07 Å². The smallest absolute Gasteiger partial charge is 0.0596 e. The molecule has 0 aliphatic rings. The van der Waals surface area contributed by atoms with Gasteiger partial charge in [-0.05, 0) is 26.3 Å². The first kappa shape index (κ1) is 14.2. The fraction of sp³-hybridized carbons (Fsp3) is 0.769. The molecule has 17 heavy (non-hydrogen) atoms. The highest BCUT2D eigenvalue weighted by Gasteiger charge is 1.99. The van der Waals surface area contributed by atoms with Crippen molar-refractivity contribution in [3.8, 4) is 0 Å². The lowest BCUT2D eigenvalue weighted by Gasteiger charge is -2.07. The molecule has 0 atom stereocenters. The van der Waals surface area contributed by atoms with Crippen LogP contribution in [-0.2, 0) is 11.3 Å². The summed E-state index contributed by atoms with van der Waals surface area (Å²) in [5, 5.41) is 7.78. The number of hydrogen-bond acceptors (Lipinski definition) is 3. The zero-order valence-electron chi connectivity index (χ0n) is 11.3. The second kappa shape index (κ2) is 8.25. The molecular weight excluding hydrogens is 214 g/mol. The second-order valence-electron chi connectivity index (χ2n) is 4.37. The van der Waals surface area contributed by atoms with E-state index in [2.05, 4.69) is 30.3 Å². The fourth-order valence-corrected chi connectivity index (χ4v) is 1.70. The molecule has 0 aliphatic heterocycles. The molecule has 1 N–H and O–H groups in total. The Morgan fingerprint density at radius 3 is 2.76 bits per heavy atom. The minimum atomic E-state index is 0.803. The molecule has 98 valence electrons. The van der Waals surface area contributed by atoms with Crippen molar-refractivity contribution in [2.24, 2.45) is 0 Å². The second-order valence-corrected chi connectivity index (χ2v) is 4.37. The Morgan fingerprint density at radius 2 is 2.12 bits per heavy atom. The van der Waals surface area contributed by atoms with Gasteiger partial charge in [-0.3, -0.25) is 4.68 Å². The SMILES string of the molecule is CCCCOCCNCCn1nc(C)cc1C. The van der Waals surface area contributed by atoms with E-state index < -0.39 is 0 Å². The molecule has 0 unspecified atom stereocenters. The van der Waals surface area contributed by atoms with E-state index in [1.807, 2.05) is 11.6 Å². The minimum Gasteiger partial charge on any atom is -0.380 e. The Bertz CT molecular complexity index is 310. The van der Waals surface area contributed by atoms with Crippen LogP contribution in [0, 0.1) is 13.8 Å². The van der Waals surface area contributed by atoms with Gasteiger partial charge in [0.2, 0.25) is 0 Å². The highest BCUT2D eigenvalue weighted by molar-refractivity contribution is 5.06. The van der Waals surface area contributed by atoms with E-state index in [9.17, 15) is 0 Å². The average molecular weight is 239 g/mol. The number of nitrogens with one attached hydrogen (secondary N) is 1. The molecule has 4 nitrogen and oxygen atoms in total. The summed E-state index contributed by atoms with van der Waals surface area (Å²) in [5.41, 5.74) is 2.31. The third-order valence-electron chi connectivity index (χ3n) is 2.67. The number of nitrogens with zero attached hydrogens (tertiary/aromatic N) is 2. The molecule has 0 aromatic carbocycles. The summed E-state index contributed by atoms with van der Waals surface area (Å²) in [5.74, 6) is 0. The molecule has 1 aromatic heterocycles. The van der Waals surface area contributed by atoms with Crippen LogP contribution in [-0.4, -0.2) is 36.1 Å². The molecule has 0 fully saturated rings. The van der Waals surface area contributed by atoms with Crippen LogP contribution in [0.4, 0.5) is 0 Å². The van der Waals surface area contributed by atoms with E-state index in [1.165, 1.54) is 12.1 Å². The third-order valence-corrected chi connectivity index (χ3v) is 2.67. The van der Waals surface area contributed by atoms with Gasteiger partial charge >= 0.3 is 0 Å². The number of aryl methyl sites for hydroxylation is 2. The molecule has 0 aliphatic carbocycles. The van der Waals surface area contributed by atoms with E-state index >= 15 is 0 Å².